The van der Waals surface area contributed by atoms with Crippen molar-refractivity contribution in [2.45, 2.75) is 52.8 Å². The molecule has 0 aliphatic rings. The molecule has 0 aliphatic heterocycles. The second-order valence-corrected chi connectivity index (χ2v) is 5.26. The molecule has 5 heteroatoms. The molecule has 1 unspecified atom stereocenters. The van der Waals surface area contributed by atoms with Gasteiger partial charge in [0.25, 0.3) is 0 Å². The lowest BCUT2D eigenvalue weighted by Crippen LogP contribution is -2.44. The Morgan fingerprint density at radius 1 is 1.45 bits per heavy atom. The fraction of sp³-hybridized carbons (Fsp3) is 0.600. The average molecular weight is 279 g/mol. The highest BCUT2D eigenvalue weighted by Gasteiger charge is 2.19. The van der Waals surface area contributed by atoms with Crippen LogP contribution in [-0.4, -0.2) is 23.0 Å². The summed E-state index contributed by atoms with van der Waals surface area (Å²) < 4.78 is 5.61. The van der Waals surface area contributed by atoms with Gasteiger partial charge in [0.2, 0.25) is 11.8 Å². The molecule has 1 aromatic rings. The van der Waals surface area contributed by atoms with E-state index >= 15 is 0 Å². The van der Waals surface area contributed by atoms with Crippen LogP contribution in [0.2, 0.25) is 0 Å². The van der Waals surface area contributed by atoms with Gasteiger partial charge in [-0.15, -0.1) is 0 Å². The Morgan fingerprint density at radius 3 is 2.75 bits per heavy atom. The minimum absolute atomic E-state index is 0.0433. The van der Waals surface area contributed by atoms with Crippen molar-refractivity contribution in [3.63, 3.8) is 0 Å². The van der Waals surface area contributed by atoms with Crippen molar-refractivity contribution in [1.82, 2.24) is 10.3 Å². The zero-order valence-electron chi connectivity index (χ0n) is 12.7. The summed E-state index contributed by atoms with van der Waals surface area (Å²) in [6, 6.07) is 3.23. The van der Waals surface area contributed by atoms with Gasteiger partial charge in [0.05, 0.1) is 12.1 Å². The molecule has 0 fully saturated rings. The predicted molar refractivity (Wildman–Crippen MR) is 79.3 cm³/mol. The van der Waals surface area contributed by atoms with E-state index in [4.69, 9.17) is 10.5 Å². The van der Waals surface area contributed by atoms with E-state index in [1.54, 1.807) is 6.20 Å². The number of carbonyl (C=O) groups is 1. The Hall–Kier alpha value is -1.62. The number of nitrogens with one attached hydrogen (secondary N) is 1. The molecule has 1 aromatic heterocycles. The van der Waals surface area contributed by atoms with E-state index in [9.17, 15) is 4.79 Å². The first-order chi connectivity index (χ1) is 9.45. The van der Waals surface area contributed by atoms with Crippen molar-refractivity contribution < 1.29 is 9.53 Å². The summed E-state index contributed by atoms with van der Waals surface area (Å²) in [5.74, 6) is 0.578. The van der Waals surface area contributed by atoms with Crippen LogP contribution in [0.15, 0.2) is 18.3 Å². The number of rotatable bonds is 7. The van der Waals surface area contributed by atoms with Gasteiger partial charge in [-0.25, -0.2) is 4.98 Å². The van der Waals surface area contributed by atoms with Crippen LogP contribution in [0.25, 0.3) is 0 Å². The summed E-state index contributed by atoms with van der Waals surface area (Å²) in [7, 11) is 0. The van der Waals surface area contributed by atoms with Crippen LogP contribution in [0.4, 0.5) is 0 Å². The molecule has 112 valence electrons. The maximum Gasteiger partial charge on any atom is 0.237 e. The summed E-state index contributed by atoms with van der Waals surface area (Å²) in [5.41, 5.74) is 6.75. The zero-order chi connectivity index (χ0) is 15.1. The number of hydrogen-bond acceptors (Lipinski definition) is 4. The molecule has 0 aliphatic carbocycles. The Kier molecular flexibility index (Phi) is 6.45. The van der Waals surface area contributed by atoms with Crippen LogP contribution in [-0.2, 0) is 11.3 Å². The topological polar surface area (TPSA) is 77.2 Å². The number of amides is 1. The molecule has 0 aromatic carbocycles. The van der Waals surface area contributed by atoms with Crippen LogP contribution in [0.5, 0.6) is 5.88 Å². The number of aromatic nitrogens is 1. The van der Waals surface area contributed by atoms with Crippen LogP contribution < -0.4 is 15.8 Å². The molecule has 0 spiro atoms. The molecule has 0 radical (unpaired) electrons. The SMILES string of the molecule is CCC(C)[C@H](N)C(=O)NCc1cccnc1OC(C)C. The predicted octanol–water partition coefficient (Wildman–Crippen LogP) is 1.86. The van der Waals surface area contributed by atoms with Gasteiger partial charge < -0.3 is 15.8 Å². The van der Waals surface area contributed by atoms with Crippen LogP contribution in [0.1, 0.15) is 39.7 Å². The van der Waals surface area contributed by atoms with Crippen LogP contribution in [0, 0.1) is 5.92 Å². The quantitative estimate of drug-likeness (QED) is 0.798. The zero-order valence-corrected chi connectivity index (χ0v) is 12.7. The summed E-state index contributed by atoms with van der Waals surface area (Å²) in [6.07, 6.45) is 2.60. The van der Waals surface area contributed by atoms with Gasteiger partial charge in [-0.1, -0.05) is 26.3 Å². The van der Waals surface area contributed by atoms with Gasteiger partial charge in [-0.2, -0.15) is 0 Å². The van der Waals surface area contributed by atoms with Crippen molar-refractivity contribution in [3.8, 4) is 5.88 Å². The van der Waals surface area contributed by atoms with E-state index in [1.165, 1.54) is 0 Å². The minimum Gasteiger partial charge on any atom is -0.475 e. The highest BCUT2D eigenvalue weighted by atomic mass is 16.5. The van der Waals surface area contributed by atoms with Crippen molar-refractivity contribution in [3.05, 3.63) is 23.9 Å². The first-order valence-electron chi connectivity index (χ1n) is 7.09. The van der Waals surface area contributed by atoms with Crippen molar-refractivity contribution >= 4 is 5.91 Å². The van der Waals surface area contributed by atoms with Gasteiger partial charge in [-0.05, 0) is 25.8 Å². The van der Waals surface area contributed by atoms with E-state index in [0.29, 0.717) is 12.4 Å². The molecule has 0 saturated carbocycles. The number of ether oxygens (including phenoxy) is 1. The molecule has 20 heavy (non-hydrogen) atoms. The molecular formula is C15H25N3O2. The molecule has 1 amide bonds. The second-order valence-electron chi connectivity index (χ2n) is 5.26. The number of nitrogens with two attached hydrogens (primary N) is 1. The van der Waals surface area contributed by atoms with E-state index in [-0.39, 0.29) is 17.9 Å². The fourth-order valence-electron chi connectivity index (χ4n) is 1.70. The number of carbonyl (C=O) groups excluding carboxylic acids is 1. The lowest BCUT2D eigenvalue weighted by Gasteiger charge is -2.18. The molecule has 1 heterocycles. The number of hydrogen-bond donors (Lipinski definition) is 2. The fourth-order valence-corrected chi connectivity index (χ4v) is 1.70. The Bertz CT molecular complexity index is 435. The largest absolute Gasteiger partial charge is 0.475 e. The Balaban J connectivity index is 2.63. The van der Waals surface area contributed by atoms with Crippen molar-refractivity contribution in [2.75, 3.05) is 0 Å². The summed E-state index contributed by atoms with van der Waals surface area (Å²) in [6.45, 7) is 8.25. The summed E-state index contributed by atoms with van der Waals surface area (Å²) >= 11 is 0. The maximum absolute atomic E-state index is 12.0. The first-order valence-corrected chi connectivity index (χ1v) is 7.09. The smallest absolute Gasteiger partial charge is 0.237 e. The Labute approximate surface area is 120 Å². The van der Waals surface area contributed by atoms with Crippen molar-refractivity contribution in [2.24, 2.45) is 11.7 Å². The molecule has 3 N–H and O–H groups in total. The molecule has 5 nitrogen and oxygen atoms in total. The highest BCUT2D eigenvalue weighted by Crippen LogP contribution is 2.15. The van der Waals surface area contributed by atoms with Gasteiger partial charge in [0, 0.05) is 18.3 Å². The molecule has 0 bridgehead atoms. The lowest BCUT2D eigenvalue weighted by atomic mass is 9.99. The monoisotopic (exact) mass is 279 g/mol. The molecular weight excluding hydrogens is 254 g/mol. The second kappa shape index (κ2) is 7.85. The van der Waals surface area contributed by atoms with E-state index in [1.807, 2.05) is 39.8 Å². The van der Waals surface area contributed by atoms with Gasteiger partial charge in [0.1, 0.15) is 0 Å². The summed E-state index contributed by atoms with van der Waals surface area (Å²) in [5, 5.41) is 2.84. The van der Waals surface area contributed by atoms with Crippen LogP contribution in [0.3, 0.4) is 0 Å². The highest BCUT2D eigenvalue weighted by molar-refractivity contribution is 5.81. The van der Waals surface area contributed by atoms with E-state index in [2.05, 4.69) is 10.3 Å². The average Bonchev–Trinajstić information content (AvgIpc) is 2.43. The molecule has 1 rings (SSSR count). The standard InChI is InChI=1S/C15H25N3O2/c1-5-11(4)13(16)14(19)18-9-12-7-6-8-17-15(12)20-10(2)3/h6-8,10-11,13H,5,9,16H2,1-4H3,(H,18,19)/t11?,13-/m0/s1. The minimum atomic E-state index is -0.480. The van der Waals surface area contributed by atoms with E-state index < -0.39 is 6.04 Å². The maximum atomic E-state index is 12.0. The molecule has 0 saturated heterocycles. The third kappa shape index (κ3) is 4.81. The van der Waals surface area contributed by atoms with E-state index in [0.717, 1.165) is 12.0 Å². The first kappa shape index (κ1) is 16.4. The lowest BCUT2D eigenvalue weighted by molar-refractivity contribution is -0.123. The van der Waals surface area contributed by atoms with Crippen LogP contribution >= 0.6 is 0 Å². The van der Waals surface area contributed by atoms with Gasteiger partial charge in [0.15, 0.2) is 0 Å². The van der Waals surface area contributed by atoms with Gasteiger partial charge in [-0.3, -0.25) is 4.79 Å². The Morgan fingerprint density at radius 2 is 2.15 bits per heavy atom. The third-order valence-electron chi connectivity index (χ3n) is 3.21. The third-order valence-corrected chi connectivity index (χ3v) is 3.21. The van der Waals surface area contributed by atoms with Gasteiger partial charge >= 0.3 is 0 Å². The van der Waals surface area contributed by atoms with Crippen molar-refractivity contribution in [1.29, 1.82) is 0 Å². The number of pyridine rings is 1. The summed E-state index contributed by atoms with van der Waals surface area (Å²) in [4.78, 5) is 16.1. The normalized spacial score (nSPS) is 13.9. The number of nitrogens with zero attached hydrogens (tertiary/aromatic N) is 1. The molecule has 2 atom stereocenters.